The zero-order valence-electron chi connectivity index (χ0n) is 22.5. The highest BCUT2D eigenvalue weighted by molar-refractivity contribution is 8.01. The van der Waals surface area contributed by atoms with Crippen molar-refractivity contribution in [2.75, 3.05) is 16.0 Å². The van der Waals surface area contributed by atoms with Crippen molar-refractivity contribution in [1.82, 2.24) is 10.2 Å². The maximum Gasteiger partial charge on any atom is 0.234 e. The van der Waals surface area contributed by atoms with Gasteiger partial charge in [0.1, 0.15) is 5.82 Å². The van der Waals surface area contributed by atoms with Gasteiger partial charge in [-0.15, -0.1) is 10.2 Å². The van der Waals surface area contributed by atoms with E-state index in [0.29, 0.717) is 49.2 Å². The Bertz CT molecular complexity index is 1650. The maximum atomic E-state index is 13.7. The van der Waals surface area contributed by atoms with Crippen LogP contribution in [0.5, 0.6) is 0 Å². The van der Waals surface area contributed by atoms with Crippen molar-refractivity contribution in [3.8, 4) is 6.07 Å². The van der Waals surface area contributed by atoms with Crippen LogP contribution in [-0.4, -0.2) is 27.6 Å². The minimum atomic E-state index is -0.803. The topological polar surface area (TPSA) is 125 Å². The second kappa shape index (κ2) is 11.5. The first-order chi connectivity index (χ1) is 19.5. The second-order valence-corrected chi connectivity index (χ2v) is 13.7. The molecule has 3 N–H and O–H groups in total. The number of hydrogen-bond acceptors (Lipinski definition) is 9. The lowest BCUT2D eigenvalue weighted by molar-refractivity contribution is -0.118. The molecule has 0 saturated carbocycles. The Hall–Kier alpha value is -3.36. The number of Topliss-reactive ketones (excluding diaryl/α,β-unsaturated/α-hetero) is 1. The van der Waals surface area contributed by atoms with Gasteiger partial charge in [-0.1, -0.05) is 78.3 Å². The fourth-order valence-corrected chi connectivity index (χ4v) is 7.50. The molecule has 0 fully saturated rings. The van der Waals surface area contributed by atoms with Gasteiger partial charge in [0.15, 0.2) is 10.1 Å². The number of rotatable bonds is 6. The quantitative estimate of drug-likeness (QED) is 0.286. The number of anilines is 2. The number of allylic oxidation sites excluding steroid dienone is 3. The predicted octanol–water partition coefficient (Wildman–Crippen LogP) is 6.83. The number of benzene rings is 2. The van der Waals surface area contributed by atoms with Crippen LogP contribution in [-0.2, 0) is 9.59 Å². The average molecular weight is 626 g/mol. The van der Waals surface area contributed by atoms with Gasteiger partial charge in [-0.2, -0.15) is 5.26 Å². The van der Waals surface area contributed by atoms with Crippen LogP contribution < -0.4 is 16.0 Å². The van der Waals surface area contributed by atoms with E-state index in [0.717, 1.165) is 11.3 Å². The number of hydrogen-bond donors (Lipinski definition) is 2. The van der Waals surface area contributed by atoms with Gasteiger partial charge < -0.3 is 11.1 Å². The van der Waals surface area contributed by atoms with E-state index in [9.17, 15) is 14.9 Å². The molecule has 41 heavy (non-hydrogen) atoms. The molecule has 0 radical (unpaired) electrons. The first kappa shape index (κ1) is 29.1. The number of nitrogens with one attached hydrogen (secondary N) is 1. The summed E-state index contributed by atoms with van der Waals surface area (Å²) in [5.41, 5.74) is 9.82. The third-order valence-electron chi connectivity index (χ3n) is 6.89. The van der Waals surface area contributed by atoms with Gasteiger partial charge in [0, 0.05) is 39.0 Å². The van der Waals surface area contributed by atoms with Crippen molar-refractivity contribution in [1.29, 1.82) is 5.26 Å². The lowest BCUT2D eigenvalue weighted by atomic mass is 9.68. The molecule has 1 unspecified atom stereocenters. The summed E-state index contributed by atoms with van der Waals surface area (Å²) >= 11 is 15.6. The maximum absolute atomic E-state index is 13.7. The number of aromatic nitrogens is 2. The Kier molecular flexibility index (Phi) is 8.17. The summed E-state index contributed by atoms with van der Waals surface area (Å²) in [4.78, 5) is 27.9. The summed E-state index contributed by atoms with van der Waals surface area (Å²) in [6, 6.07) is 14.9. The molecule has 1 aliphatic carbocycles. The van der Waals surface area contributed by atoms with Crippen molar-refractivity contribution < 1.29 is 9.59 Å². The third kappa shape index (κ3) is 5.86. The van der Waals surface area contributed by atoms with Gasteiger partial charge in [-0.3, -0.25) is 14.5 Å². The molecule has 210 valence electrons. The number of halogens is 2. The third-order valence-corrected chi connectivity index (χ3v) is 9.59. The molecule has 2 aromatic carbocycles. The molecule has 2 heterocycles. The minimum Gasteiger partial charge on any atom is -0.384 e. The SMILES string of the molecule is Cc1cccc(NC(=O)CSc2nnc(N3C(N)=C(C#N)C(c4c(Cl)cccc4Cl)C4=C3CC(C)(C)CC4=O)s2)c1. The summed E-state index contributed by atoms with van der Waals surface area (Å²) < 4.78 is 0.547. The molecule has 8 nitrogen and oxygen atoms in total. The monoisotopic (exact) mass is 624 g/mol. The van der Waals surface area contributed by atoms with Crippen molar-refractivity contribution in [2.45, 2.75) is 43.9 Å². The highest BCUT2D eigenvalue weighted by Crippen LogP contribution is 2.52. The Morgan fingerprint density at radius 1 is 1.22 bits per heavy atom. The van der Waals surface area contributed by atoms with Gasteiger partial charge in [-0.05, 0) is 48.6 Å². The normalized spacial score (nSPS) is 18.3. The summed E-state index contributed by atoms with van der Waals surface area (Å²) in [5, 5.41) is 22.9. The number of amides is 1. The number of thioether (sulfide) groups is 1. The Morgan fingerprint density at radius 3 is 2.61 bits per heavy atom. The lowest BCUT2D eigenvalue weighted by Gasteiger charge is -2.42. The van der Waals surface area contributed by atoms with Crippen molar-refractivity contribution >= 4 is 68.8 Å². The van der Waals surface area contributed by atoms with Gasteiger partial charge in [0.2, 0.25) is 11.0 Å². The standard InChI is InChI=1S/C29H26Cl2N6O2S2/c1-15-6-4-7-16(10-15)34-22(39)14-40-28-36-35-27(41-28)37-20-11-29(2,3)12-21(38)25(20)23(17(13-32)26(37)33)24-18(30)8-5-9-19(24)31/h4-10,23H,11-12,14,33H2,1-3H3,(H,34,39). The van der Waals surface area contributed by atoms with Crippen LogP contribution in [0.4, 0.5) is 10.8 Å². The number of ketones is 1. The molecule has 3 aromatic rings. The summed E-state index contributed by atoms with van der Waals surface area (Å²) in [7, 11) is 0. The lowest BCUT2D eigenvalue weighted by Crippen LogP contribution is -2.42. The molecular formula is C29H26Cl2N6O2S2. The van der Waals surface area contributed by atoms with Gasteiger partial charge in [0.25, 0.3) is 0 Å². The molecule has 0 spiro atoms. The summed E-state index contributed by atoms with van der Waals surface area (Å²) in [6.07, 6.45) is 0.803. The van der Waals surface area contributed by atoms with E-state index >= 15 is 0 Å². The van der Waals surface area contributed by atoms with E-state index in [4.69, 9.17) is 28.9 Å². The van der Waals surface area contributed by atoms with Crippen LogP contribution in [0.25, 0.3) is 0 Å². The average Bonchev–Trinajstić information content (AvgIpc) is 3.35. The number of nitriles is 1. The Morgan fingerprint density at radius 2 is 1.93 bits per heavy atom. The largest absolute Gasteiger partial charge is 0.384 e. The van der Waals surface area contributed by atoms with E-state index in [-0.39, 0.29) is 34.3 Å². The molecule has 1 amide bonds. The van der Waals surface area contributed by atoms with Crippen LogP contribution >= 0.6 is 46.3 Å². The van der Waals surface area contributed by atoms with Crippen LogP contribution in [0.1, 0.15) is 43.7 Å². The molecule has 2 aliphatic rings. The fourth-order valence-electron chi connectivity index (χ4n) is 5.20. The number of carbonyl (C=O) groups is 2. The summed E-state index contributed by atoms with van der Waals surface area (Å²) in [5.74, 6) is -0.810. The van der Waals surface area contributed by atoms with E-state index < -0.39 is 5.92 Å². The molecule has 5 rings (SSSR count). The number of carbonyl (C=O) groups excluding carboxylic acids is 2. The van der Waals surface area contributed by atoms with Crippen LogP contribution in [0.15, 0.2) is 69.5 Å². The first-order valence-electron chi connectivity index (χ1n) is 12.7. The number of nitrogens with two attached hydrogens (primary N) is 1. The first-order valence-corrected chi connectivity index (χ1v) is 15.3. The van der Waals surface area contributed by atoms with Crippen LogP contribution in [0.2, 0.25) is 10.0 Å². The smallest absolute Gasteiger partial charge is 0.234 e. The predicted molar refractivity (Wildman–Crippen MR) is 164 cm³/mol. The molecule has 12 heteroatoms. The van der Waals surface area contributed by atoms with Crippen molar-refractivity contribution in [3.63, 3.8) is 0 Å². The highest BCUT2D eigenvalue weighted by atomic mass is 35.5. The molecule has 0 saturated heterocycles. The zero-order chi connectivity index (χ0) is 29.5. The summed E-state index contributed by atoms with van der Waals surface area (Å²) in [6.45, 7) is 5.98. The van der Waals surface area contributed by atoms with Crippen LogP contribution in [0.3, 0.4) is 0 Å². The van der Waals surface area contributed by atoms with Gasteiger partial charge in [-0.25, -0.2) is 0 Å². The molecule has 1 aliphatic heterocycles. The van der Waals surface area contributed by atoms with E-state index in [1.54, 1.807) is 23.1 Å². The van der Waals surface area contributed by atoms with E-state index in [1.165, 1.54) is 23.1 Å². The molecule has 0 bridgehead atoms. The van der Waals surface area contributed by atoms with Crippen molar-refractivity contribution in [2.24, 2.45) is 11.1 Å². The Balaban J connectivity index is 1.50. The molecule has 1 atom stereocenters. The number of nitrogens with zero attached hydrogens (tertiary/aromatic N) is 4. The highest BCUT2D eigenvalue weighted by Gasteiger charge is 2.46. The Labute approximate surface area is 256 Å². The van der Waals surface area contributed by atoms with Crippen molar-refractivity contribution in [3.05, 3.63) is 86.3 Å². The zero-order valence-corrected chi connectivity index (χ0v) is 25.6. The molecular weight excluding hydrogens is 599 g/mol. The second-order valence-electron chi connectivity index (χ2n) is 10.7. The minimum absolute atomic E-state index is 0.102. The number of aryl methyl sites for hydroxylation is 1. The fraction of sp³-hybridized carbons (Fsp3) is 0.276. The van der Waals surface area contributed by atoms with E-state index in [2.05, 4.69) is 21.6 Å². The molecule has 1 aromatic heterocycles. The van der Waals surface area contributed by atoms with E-state index in [1.807, 2.05) is 45.0 Å². The van der Waals surface area contributed by atoms with Gasteiger partial charge in [0.05, 0.1) is 23.3 Å². The van der Waals surface area contributed by atoms with Gasteiger partial charge >= 0.3 is 0 Å². The van der Waals surface area contributed by atoms with Crippen LogP contribution in [0, 0.1) is 23.7 Å².